The van der Waals surface area contributed by atoms with Gasteiger partial charge >= 0.3 is 5.69 Å². The third-order valence-corrected chi connectivity index (χ3v) is 2.50. The maximum atomic E-state index is 13.3. The van der Waals surface area contributed by atoms with Crippen LogP contribution in [0.4, 0.5) is 4.39 Å². The zero-order chi connectivity index (χ0) is 11.7. The zero-order valence-corrected chi connectivity index (χ0v) is 8.30. The topological polar surface area (TPSA) is 84.3 Å². The highest BCUT2D eigenvalue weighted by Gasteiger charge is 2.36. The van der Waals surface area contributed by atoms with Crippen LogP contribution >= 0.6 is 0 Å². The van der Waals surface area contributed by atoms with Gasteiger partial charge in [0.25, 0.3) is 5.56 Å². The number of halogens is 1. The molecule has 0 bridgehead atoms. The van der Waals surface area contributed by atoms with Crippen LogP contribution in [0.5, 0.6) is 0 Å². The predicted molar refractivity (Wildman–Crippen MR) is 51.8 cm³/mol. The number of hydrogen-bond acceptors (Lipinski definition) is 4. The van der Waals surface area contributed by atoms with Crippen LogP contribution in [-0.2, 0) is 4.74 Å². The van der Waals surface area contributed by atoms with Gasteiger partial charge in [-0.3, -0.25) is 14.3 Å². The van der Waals surface area contributed by atoms with E-state index >= 15 is 0 Å². The van der Waals surface area contributed by atoms with E-state index in [-0.39, 0.29) is 6.42 Å². The van der Waals surface area contributed by atoms with Crippen molar-refractivity contribution in [3.8, 4) is 0 Å². The van der Waals surface area contributed by atoms with Crippen molar-refractivity contribution in [2.75, 3.05) is 6.61 Å². The second-order valence-corrected chi connectivity index (χ2v) is 3.58. The summed E-state index contributed by atoms with van der Waals surface area (Å²) in [6.07, 6.45) is -1.77. The first-order chi connectivity index (χ1) is 7.61. The number of aliphatic hydroxyl groups is 1. The summed E-state index contributed by atoms with van der Waals surface area (Å²) in [5.41, 5.74) is -1.17. The van der Waals surface area contributed by atoms with E-state index in [1.165, 1.54) is 6.20 Å². The first-order valence-electron chi connectivity index (χ1n) is 4.83. The Hall–Kier alpha value is -1.47. The van der Waals surface area contributed by atoms with Gasteiger partial charge in [-0.15, -0.1) is 0 Å². The lowest BCUT2D eigenvalue weighted by Gasteiger charge is -2.13. The number of nitrogens with zero attached hydrogens (tertiary/aromatic N) is 1. The molecule has 6 nitrogen and oxygen atoms in total. The molecule has 7 heteroatoms. The highest BCUT2D eigenvalue weighted by Crippen LogP contribution is 2.29. The third kappa shape index (κ3) is 1.91. The standard InChI is InChI=1S/C9H11FN2O4/c10-5-3-8(16-6(5)4-13)12-2-1-7(14)11-9(12)15/h1-2,5-6,8,13H,3-4H2,(H,11,14,15)/t5-,6+,8+/m0/s1/i10-1. The van der Waals surface area contributed by atoms with Crippen LogP contribution in [0.1, 0.15) is 12.6 Å². The molecule has 2 rings (SSSR count). The van der Waals surface area contributed by atoms with Crippen molar-refractivity contribution < 1.29 is 14.2 Å². The Bertz CT molecular complexity index is 483. The van der Waals surface area contributed by atoms with Gasteiger partial charge in [0.1, 0.15) is 18.5 Å². The van der Waals surface area contributed by atoms with Crippen LogP contribution in [-0.4, -0.2) is 33.5 Å². The molecule has 1 fully saturated rings. The summed E-state index contributed by atoms with van der Waals surface area (Å²) in [4.78, 5) is 24.2. The molecule has 0 radical (unpaired) electrons. The van der Waals surface area contributed by atoms with Crippen molar-refractivity contribution in [2.45, 2.75) is 24.9 Å². The zero-order valence-electron chi connectivity index (χ0n) is 8.30. The molecule has 1 aliphatic rings. The fourth-order valence-electron chi connectivity index (χ4n) is 1.68. The van der Waals surface area contributed by atoms with Gasteiger partial charge in [-0.05, 0) is 0 Å². The van der Waals surface area contributed by atoms with Crippen LogP contribution in [0, 0.1) is 0 Å². The Morgan fingerprint density at radius 3 is 2.94 bits per heavy atom. The van der Waals surface area contributed by atoms with Gasteiger partial charge in [0.05, 0.1) is 6.61 Å². The number of hydrogen-bond donors (Lipinski definition) is 2. The van der Waals surface area contributed by atoms with E-state index in [9.17, 15) is 14.0 Å². The SMILES string of the molecule is O=c1ccn([C@H]2C[C@H]([18F])[C@@H](CO)O2)c(=O)[nH]1. The second-order valence-electron chi connectivity index (χ2n) is 3.58. The molecule has 1 aliphatic heterocycles. The minimum absolute atomic E-state index is 0.0167. The molecule has 2 N–H and O–H groups in total. The molecule has 1 saturated heterocycles. The van der Waals surface area contributed by atoms with E-state index in [4.69, 9.17) is 9.84 Å². The summed E-state index contributed by atoms with van der Waals surface area (Å²) in [7, 11) is 0. The average Bonchev–Trinajstić information content (AvgIpc) is 2.59. The van der Waals surface area contributed by atoms with Crippen LogP contribution in [0.2, 0.25) is 0 Å². The molecule has 3 atom stereocenters. The molecular formula is C9H11FN2O4. The van der Waals surface area contributed by atoms with Crippen molar-refractivity contribution in [3.05, 3.63) is 33.1 Å². The van der Waals surface area contributed by atoms with E-state index in [2.05, 4.69) is 4.98 Å². The normalized spacial score (nSPS) is 29.5. The summed E-state index contributed by atoms with van der Waals surface area (Å²) >= 11 is 0. The second kappa shape index (κ2) is 4.18. The fourth-order valence-corrected chi connectivity index (χ4v) is 1.68. The number of H-pyrrole nitrogens is 1. The van der Waals surface area contributed by atoms with Crippen LogP contribution in [0.25, 0.3) is 0 Å². The van der Waals surface area contributed by atoms with Gasteiger partial charge in [0, 0.05) is 18.7 Å². The Balaban J connectivity index is 2.27. The van der Waals surface area contributed by atoms with E-state index in [0.29, 0.717) is 0 Å². The van der Waals surface area contributed by atoms with Crippen LogP contribution in [0.3, 0.4) is 0 Å². The van der Waals surface area contributed by atoms with Gasteiger partial charge in [-0.25, -0.2) is 9.18 Å². The van der Waals surface area contributed by atoms with Gasteiger partial charge in [0.2, 0.25) is 0 Å². The van der Waals surface area contributed by atoms with Gasteiger partial charge in [-0.2, -0.15) is 0 Å². The number of aromatic nitrogens is 2. The lowest BCUT2D eigenvalue weighted by molar-refractivity contribution is -0.0356. The Labute approximate surface area is 89.3 Å². The van der Waals surface area contributed by atoms with Crippen molar-refractivity contribution in [1.82, 2.24) is 9.55 Å². The van der Waals surface area contributed by atoms with E-state index in [1.54, 1.807) is 0 Å². The first-order valence-corrected chi connectivity index (χ1v) is 4.83. The molecule has 0 aromatic carbocycles. The first kappa shape index (κ1) is 11.0. The number of nitrogens with one attached hydrogen (secondary N) is 1. The predicted octanol–water partition coefficient (Wildman–Crippen LogP) is -0.845. The van der Waals surface area contributed by atoms with E-state index in [0.717, 1.165) is 10.6 Å². The fraction of sp³-hybridized carbons (Fsp3) is 0.556. The molecule has 1 aromatic heterocycles. The molecule has 1 aromatic rings. The number of aromatic amines is 1. The van der Waals surface area contributed by atoms with Gasteiger partial charge < -0.3 is 9.84 Å². The maximum Gasteiger partial charge on any atom is 0.330 e. The minimum Gasteiger partial charge on any atom is -0.394 e. The summed E-state index contributed by atoms with van der Waals surface area (Å²) < 4.78 is 19.5. The van der Waals surface area contributed by atoms with Crippen molar-refractivity contribution >= 4 is 0 Å². The number of aliphatic hydroxyl groups excluding tert-OH is 1. The Morgan fingerprint density at radius 2 is 2.38 bits per heavy atom. The molecule has 88 valence electrons. The molecule has 0 saturated carbocycles. The highest BCUT2D eigenvalue weighted by atomic mass is 18.2. The number of alkyl halides is 1. The summed E-state index contributed by atoms with van der Waals surface area (Å²) in [5, 5.41) is 8.80. The van der Waals surface area contributed by atoms with Crippen molar-refractivity contribution in [1.29, 1.82) is 0 Å². The smallest absolute Gasteiger partial charge is 0.330 e. The average molecular weight is 229 g/mol. The lowest BCUT2D eigenvalue weighted by atomic mass is 10.2. The minimum atomic E-state index is -1.31. The van der Waals surface area contributed by atoms with Gasteiger partial charge in [-0.1, -0.05) is 0 Å². The van der Waals surface area contributed by atoms with Crippen LogP contribution < -0.4 is 11.2 Å². The molecule has 0 aliphatic carbocycles. The van der Waals surface area contributed by atoms with Crippen molar-refractivity contribution in [2.24, 2.45) is 0 Å². The Morgan fingerprint density at radius 1 is 1.62 bits per heavy atom. The van der Waals surface area contributed by atoms with Crippen LogP contribution in [0.15, 0.2) is 21.9 Å². The number of rotatable bonds is 2. The molecule has 0 spiro atoms. The summed E-state index contributed by atoms with van der Waals surface area (Å²) in [6.45, 7) is -0.435. The van der Waals surface area contributed by atoms with Crippen molar-refractivity contribution in [3.63, 3.8) is 0 Å². The summed E-state index contributed by atoms with van der Waals surface area (Å²) in [5.74, 6) is 0. The Kier molecular flexibility index (Phi) is 2.88. The molecular weight excluding hydrogens is 218 g/mol. The summed E-state index contributed by atoms with van der Waals surface area (Å²) in [6, 6.07) is 1.16. The molecule has 16 heavy (non-hydrogen) atoms. The van der Waals surface area contributed by atoms with E-state index < -0.39 is 36.4 Å². The quantitative estimate of drug-likeness (QED) is 0.692. The monoisotopic (exact) mass is 229 g/mol. The highest BCUT2D eigenvalue weighted by molar-refractivity contribution is 4.88. The van der Waals surface area contributed by atoms with E-state index in [1.807, 2.05) is 0 Å². The third-order valence-electron chi connectivity index (χ3n) is 2.50. The largest absolute Gasteiger partial charge is 0.394 e. The number of ether oxygens (including phenoxy) is 1. The lowest BCUT2D eigenvalue weighted by Crippen LogP contribution is -2.31. The van der Waals surface area contributed by atoms with Gasteiger partial charge in [0.15, 0.2) is 0 Å². The molecule has 0 unspecified atom stereocenters. The molecule has 2 heterocycles. The molecule has 0 amide bonds. The maximum absolute atomic E-state index is 13.3.